The molecule has 2 heteroatoms. The second-order valence-electron chi connectivity index (χ2n) is 4.58. The van der Waals surface area contributed by atoms with Crippen molar-refractivity contribution in [1.82, 2.24) is 0 Å². The van der Waals surface area contributed by atoms with Gasteiger partial charge in [0.25, 0.3) is 0 Å². The van der Waals surface area contributed by atoms with Crippen molar-refractivity contribution in [2.24, 2.45) is 0 Å². The van der Waals surface area contributed by atoms with Gasteiger partial charge in [0, 0.05) is 11.3 Å². The molecule has 0 fully saturated rings. The quantitative estimate of drug-likeness (QED) is 0.704. The predicted molar refractivity (Wildman–Crippen MR) is 78.5 cm³/mol. The maximum Gasteiger partial charge on any atom is 0.172 e. The van der Waals surface area contributed by atoms with Crippen molar-refractivity contribution in [3.8, 4) is 10.4 Å². The Hall–Kier alpha value is -1.41. The molecule has 18 heavy (non-hydrogen) atoms. The third-order valence-electron chi connectivity index (χ3n) is 3.23. The molecular weight excluding hydrogens is 240 g/mol. The second-order valence-corrected chi connectivity index (χ2v) is 5.67. The zero-order valence-corrected chi connectivity index (χ0v) is 11.9. The maximum atomic E-state index is 11.9. The zero-order chi connectivity index (χ0) is 13.1. The number of carbonyl (C=O) groups is 1. The van der Waals surface area contributed by atoms with Crippen LogP contribution in [0.2, 0.25) is 0 Å². The van der Waals surface area contributed by atoms with Gasteiger partial charge in [-0.3, -0.25) is 4.79 Å². The summed E-state index contributed by atoms with van der Waals surface area (Å²) >= 11 is 1.61. The fourth-order valence-electron chi connectivity index (χ4n) is 2.00. The lowest BCUT2D eigenvalue weighted by Crippen LogP contribution is -1.93. The molecule has 0 aliphatic heterocycles. The van der Waals surface area contributed by atoms with Gasteiger partial charge in [-0.05, 0) is 49.1 Å². The van der Waals surface area contributed by atoms with Gasteiger partial charge >= 0.3 is 0 Å². The highest BCUT2D eigenvalue weighted by molar-refractivity contribution is 7.17. The molecule has 0 bridgehead atoms. The summed E-state index contributed by atoms with van der Waals surface area (Å²) in [7, 11) is 0. The van der Waals surface area contributed by atoms with E-state index in [9.17, 15) is 4.79 Å². The topological polar surface area (TPSA) is 17.1 Å². The van der Waals surface area contributed by atoms with E-state index in [4.69, 9.17) is 0 Å². The van der Waals surface area contributed by atoms with Crippen molar-refractivity contribution in [2.75, 3.05) is 0 Å². The first-order valence-corrected chi connectivity index (χ1v) is 7.14. The van der Waals surface area contributed by atoms with E-state index in [0.29, 0.717) is 6.42 Å². The molecule has 0 amide bonds. The van der Waals surface area contributed by atoms with E-state index in [0.717, 1.165) is 11.3 Å². The molecular formula is C16H18OS. The van der Waals surface area contributed by atoms with Crippen LogP contribution < -0.4 is 0 Å². The molecule has 0 unspecified atom stereocenters. The Morgan fingerprint density at radius 2 is 1.94 bits per heavy atom. The van der Waals surface area contributed by atoms with Crippen molar-refractivity contribution >= 4 is 17.1 Å². The van der Waals surface area contributed by atoms with Gasteiger partial charge in [-0.15, -0.1) is 11.3 Å². The van der Waals surface area contributed by atoms with E-state index in [1.54, 1.807) is 11.3 Å². The summed E-state index contributed by atoms with van der Waals surface area (Å²) in [4.78, 5) is 13.9. The van der Waals surface area contributed by atoms with Crippen molar-refractivity contribution in [2.45, 2.75) is 33.6 Å². The van der Waals surface area contributed by atoms with Gasteiger partial charge in [0.2, 0.25) is 0 Å². The Kier molecular flexibility index (Phi) is 3.97. The van der Waals surface area contributed by atoms with Crippen LogP contribution in [0.15, 0.2) is 30.3 Å². The number of hydrogen-bond acceptors (Lipinski definition) is 2. The van der Waals surface area contributed by atoms with Gasteiger partial charge < -0.3 is 0 Å². The van der Waals surface area contributed by atoms with Crippen LogP contribution in [0.25, 0.3) is 10.4 Å². The fourth-order valence-corrected chi connectivity index (χ4v) is 3.06. The highest BCUT2D eigenvalue weighted by atomic mass is 32.1. The van der Waals surface area contributed by atoms with E-state index < -0.39 is 0 Å². The Bertz CT molecular complexity index is 566. The summed E-state index contributed by atoms with van der Waals surface area (Å²) in [6, 6.07) is 10.3. The summed E-state index contributed by atoms with van der Waals surface area (Å²) < 4.78 is 0. The van der Waals surface area contributed by atoms with Crippen LogP contribution in [0.5, 0.6) is 0 Å². The molecule has 0 aliphatic rings. The van der Waals surface area contributed by atoms with Crippen LogP contribution in [0.3, 0.4) is 0 Å². The van der Waals surface area contributed by atoms with Crippen LogP contribution in [0, 0.1) is 13.8 Å². The lowest BCUT2D eigenvalue weighted by molar-refractivity contribution is 0.0985. The molecule has 1 nitrogen and oxygen atoms in total. The van der Waals surface area contributed by atoms with Crippen molar-refractivity contribution in [3.63, 3.8) is 0 Å². The molecule has 1 aromatic carbocycles. The molecule has 0 aliphatic carbocycles. The molecule has 94 valence electrons. The number of rotatable bonds is 4. The van der Waals surface area contributed by atoms with Gasteiger partial charge in [0.1, 0.15) is 0 Å². The Balaban J connectivity index is 2.35. The zero-order valence-electron chi connectivity index (χ0n) is 11.1. The molecule has 0 atom stereocenters. The normalized spacial score (nSPS) is 10.6. The lowest BCUT2D eigenvalue weighted by atomic mass is 10.0. The van der Waals surface area contributed by atoms with Crippen molar-refractivity contribution in [3.05, 3.63) is 46.3 Å². The summed E-state index contributed by atoms with van der Waals surface area (Å²) in [6.07, 6.45) is 1.56. The first-order chi connectivity index (χ1) is 8.63. The van der Waals surface area contributed by atoms with Gasteiger partial charge in [-0.25, -0.2) is 0 Å². The molecule has 2 rings (SSSR count). The minimum absolute atomic E-state index is 0.263. The molecule has 0 N–H and O–H groups in total. The fraction of sp³-hybridized carbons (Fsp3) is 0.312. The average molecular weight is 258 g/mol. The Morgan fingerprint density at radius 1 is 1.17 bits per heavy atom. The second kappa shape index (κ2) is 5.49. The van der Waals surface area contributed by atoms with Gasteiger partial charge in [0.15, 0.2) is 5.78 Å². The molecule has 0 saturated carbocycles. The van der Waals surface area contributed by atoms with Crippen molar-refractivity contribution in [1.29, 1.82) is 0 Å². The first-order valence-electron chi connectivity index (χ1n) is 6.33. The number of thiophene rings is 1. The molecule has 1 aromatic heterocycles. The number of Topliss-reactive ketones (excluding diaryl/α,β-unsaturated/α-hetero) is 1. The van der Waals surface area contributed by atoms with Gasteiger partial charge in [-0.1, -0.05) is 25.1 Å². The van der Waals surface area contributed by atoms with E-state index in [1.807, 2.05) is 13.0 Å². The summed E-state index contributed by atoms with van der Waals surface area (Å²) in [5.74, 6) is 0.263. The average Bonchev–Trinajstić information content (AvgIpc) is 2.82. The number of carbonyl (C=O) groups excluding carboxylic acids is 1. The maximum absolute atomic E-state index is 11.9. The molecule has 0 spiro atoms. The smallest absolute Gasteiger partial charge is 0.172 e. The van der Waals surface area contributed by atoms with Gasteiger partial charge in [0.05, 0.1) is 4.88 Å². The summed E-state index contributed by atoms with van der Waals surface area (Å²) in [6.45, 7) is 6.30. The van der Waals surface area contributed by atoms with E-state index >= 15 is 0 Å². The minimum atomic E-state index is 0.263. The number of benzene rings is 1. The third-order valence-corrected chi connectivity index (χ3v) is 4.39. The third kappa shape index (κ3) is 2.54. The lowest BCUT2D eigenvalue weighted by Gasteiger charge is -2.05. The Labute approximate surface area is 112 Å². The van der Waals surface area contributed by atoms with Crippen LogP contribution in [-0.2, 0) is 0 Å². The molecule has 0 radical (unpaired) electrons. The highest BCUT2D eigenvalue weighted by Crippen LogP contribution is 2.32. The van der Waals surface area contributed by atoms with Gasteiger partial charge in [-0.2, -0.15) is 0 Å². The van der Waals surface area contributed by atoms with Crippen LogP contribution in [0.1, 0.15) is 40.6 Å². The molecule has 2 aromatic rings. The summed E-state index contributed by atoms with van der Waals surface area (Å²) in [5, 5.41) is 0. The monoisotopic (exact) mass is 258 g/mol. The van der Waals surface area contributed by atoms with Crippen LogP contribution in [-0.4, -0.2) is 5.78 Å². The largest absolute Gasteiger partial charge is 0.293 e. The van der Waals surface area contributed by atoms with Crippen molar-refractivity contribution < 1.29 is 4.79 Å². The molecule has 0 saturated heterocycles. The summed E-state index contributed by atoms with van der Waals surface area (Å²) in [5.41, 5.74) is 3.84. The van der Waals surface area contributed by atoms with E-state index in [2.05, 4.69) is 38.1 Å². The van der Waals surface area contributed by atoms with Crippen LogP contribution >= 0.6 is 11.3 Å². The first kappa shape index (κ1) is 13.0. The minimum Gasteiger partial charge on any atom is -0.293 e. The Morgan fingerprint density at radius 3 is 2.67 bits per heavy atom. The standard InChI is InChI=1S/C16H18OS/c1-4-6-14(17)16-10-9-15(18-16)13-8-5-7-11(2)12(13)3/h5,7-10H,4,6H2,1-3H3. The number of aryl methyl sites for hydroxylation is 1. The number of hydrogen-bond donors (Lipinski definition) is 0. The SMILES string of the molecule is CCCC(=O)c1ccc(-c2cccc(C)c2C)s1. The molecule has 1 heterocycles. The van der Waals surface area contributed by atoms with E-state index in [1.165, 1.54) is 21.6 Å². The predicted octanol–water partition coefficient (Wildman–Crippen LogP) is 5.01. The number of ketones is 1. The van der Waals surface area contributed by atoms with E-state index in [-0.39, 0.29) is 5.78 Å². The van der Waals surface area contributed by atoms with Crippen LogP contribution in [0.4, 0.5) is 0 Å². The highest BCUT2D eigenvalue weighted by Gasteiger charge is 2.11.